The summed E-state index contributed by atoms with van der Waals surface area (Å²) in [4.78, 5) is 22.9. The number of nitrogens with one attached hydrogen (secondary N) is 2. The molecule has 1 aliphatic rings. The lowest BCUT2D eigenvalue weighted by Crippen LogP contribution is -2.38. The van der Waals surface area contributed by atoms with Crippen molar-refractivity contribution in [1.82, 2.24) is 5.32 Å². The van der Waals surface area contributed by atoms with Gasteiger partial charge in [-0.1, -0.05) is 19.1 Å². The van der Waals surface area contributed by atoms with Crippen LogP contribution in [0.3, 0.4) is 0 Å². The Balaban J connectivity index is 2.02. The SMILES string of the molecule is CCCC(=O)Nc1cccc([C@H]2C[C@@H](NC(C)=O)CCO2)c1. The number of carbonyl (C=O) groups excluding carboxylic acids is 2. The van der Waals surface area contributed by atoms with Crippen molar-refractivity contribution in [3.63, 3.8) is 0 Å². The molecule has 0 saturated carbocycles. The highest BCUT2D eigenvalue weighted by molar-refractivity contribution is 5.90. The fraction of sp³-hybridized carbons (Fsp3) is 0.529. The van der Waals surface area contributed by atoms with Gasteiger partial charge in [0, 0.05) is 31.7 Å². The van der Waals surface area contributed by atoms with Crippen LogP contribution in [0.1, 0.15) is 51.2 Å². The number of carbonyl (C=O) groups is 2. The van der Waals surface area contributed by atoms with Crippen LogP contribution in [0.4, 0.5) is 5.69 Å². The van der Waals surface area contributed by atoms with Crippen molar-refractivity contribution in [3.05, 3.63) is 29.8 Å². The molecule has 0 aromatic heterocycles. The second-order valence-corrected chi connectivity index (χ2v) is 5.70. The zero-order valence-corrected chi connectivity index (χ0v) is 13.2. The van der Waals surface area contributed by atoms with E-state index in [1.807, 2.05) is 31.2 Å². The van der Waals surface area contributed by atoms with Crippen LogP contribution < -0.4 is 10.6 Å². The summed E-state index contributed by atoms with van der Waals surface area (Å²) in [6.07, 6.45) is 2.90. The first-order valence-electron chi connectivity index (χ1n) is 7.87. The minimum atomic E-state index is -0.0476. The standard InChI is InChI=1S/C17H24N2O3/c1-3-5-17(21)19-14-7-4-6-13(10-14)16-11-15(8-9-22-16)18-12(2)20/h4,6-7,10,15-16H,3,5,8-9,11H2,1-2H3,(H,18,20)(H,19,21)/t15-,16+/m0/s1. The third-order valence-corrected chi connectivity index (χ3v) is 3.71. The lowest BCUT2D eigenvalue weighted by Gasteiger charge is -2.30. The Bertz CT molecular complexity index is 530. The molecule has 0 unspecified atom stereocenters. The molecule has 1 aliphatic heterocycles. The van der Waals surface area contributed by atoms with Gasteiger partial charge in [-0.25, -0.2) is 0 Å². The van der Waals surface area contributed by atoms with Gasteiger partial charge in [-0.2, -0.15) is 0 Å². The van der Waals surface area contributed by atoms with Crippen molar-refractivity contribution in [3.8, 4) is 0 Å². The highest BCUT2D eigenvalue weighted by Crippen LogP contribution is 2.29. The quantitative estimate of drug-likeness (QED) is 0.879. The molecule has 0 aliphatic carbocycles. The first-order valence-corrected chi connectivity index (χ1v) is 7.87. The normalized spacial score (nSPS) is 21.2. The Morgan fingerprint density at radius 2 is 2.18 bits per heavy atom. The zero-order valence-electron chi connectivity index (χ0n) is 13.2. The van der Waals surface area contributed by atoms with Crippen LogP contribution in [0.25, 0.3) is 0 Å². The van der Waals surface area contributed by atoms with E-state index in [2.05, 4.69) is 10.6 Å². The van der Waals surface area contributed by atoms with Crippen molar-refractivity contribution in [2.75, 3.05) is 11.9 Å². The molecule has 1 aromatic carbocycles. The molecule has 22 heavy (non-hydrogen) atoms. The minimum Gasteiger partial charge on any atom is -0.373 e. The van der Waals surface area contributed by atoms with Gasteiger partial charge < -0.3 is 15.4 Å². The van der Waals surface area contributed by atoms with Gasteiger partial charge in [-0.3, -0.25) is 9.59 Å². The molecule has 2 atom stereocenters. The molecule has 5 nitrogen and oxygen atoms in total. The van der Waals surface area contributed by atoms with Crippen molar-refractivity contribution < 1.29 is 14.3 Å². The second kappa shape index (κ2) is 7.94. The van der Waals surface area contributed by atoms with Crippen LogP contribution in [-0.4, -0.2) is 24.5 Å². The van der Waals surface area contributed by atoms with E-state index in [-0.39, 0.29) is 24.0 Å². The molecule has 1 saturated heterocycles. The summed E-state index contributed by atoms with van der Waals surface area (Å²) < 4.78 is 5.82. The van der Waals surface area contributed by atoms with Crippen molar-refractivity contribution in [2.24, 2.45) is 0 Å². The van der Waals surface area contributed by atoms with Gasteiger partial charge >= 0.3 is 0 Å². The molecular weight excluding hydrogens is 280 g/mol. The average molecular weight is 304 g/mol. The number of hydrogen-bond donors (Lipinski definition) is 2. The Morgan fingerprint density at radius 3 is 2.91 bits per heavy atom. The molecule has 2 N–H and O–H groups in total. The number of hydrogen-bond acceptors (Lipinski definition) is 3. The van der Waals surface area contributed by atoms with Gasteiger partial charge in [0.1, 0.15) is 0 Å². The zero-order chi connectivity index (χ0) is 15.9. The van der Waals surface area contributed by atoms with Crippen molar-refractivity contribution in [1.29, 1.82) is 0 Å². The largest absolute Gasteiger partial charge is 0.373 e. The fourth-order valence-corrected chi connectivity index (χ4v) is 2.71. The van der Waals surface area contributed by atoms with Gasteiger partial charge in [0.25, 0.3) is 0 Å². The third-order valence-electron chi connectivity index (χ3n) is 3.71. The number of amides is 2. The van der Waals surface area contributed by atoms with Crippen molar-refractivity contribution >= 4 is 17.5 Å². The van der Waals surface area contributed by atoms with Gasteiger partial charge in [0.15, 0.2) is 0 Å². The van der Waals surface area contributed by atoms with Crippen LogP contribution in [0.15, 0.2) is 24.3 Å². The van der Waals surface area contributed by atoms with Gasteiger partial charge in [-0.05, 0) is 37.0 Å². The van der Waals surface area contributed by atoms with Crippen LogP contribution in [0.2, 0.25) is 0 Å². The predicted octanol–water partition coefficient (Wildman–Crippen LogP) is 2.78. The van der Waals surface area contributed by atoms with Crippen LogP contribution >= 0.6 is 0 Å². The summed E-state index contributed by atoms with van der Waals surface area (Å²) in [5, 5.41) is 5.86. The Kier molecular flexibility index (Phi) is 5.95. The predicted molar refractivity (Wildman–Crippen MR) is 85.5 cm³/mol. The molecule has 0 spiro atoms. The van der Waals surface area contributed by atoms with E-state index in [4.69, 9.17) is 4.74 Å². The molecule has 0 bridgehead atoms. The average Bonchev–Trinajstić information content (AvgIpc) is 2.47. The minimum absolute atomic E-state index is 0.00812. The van der Waals surface area contributed by atoms with Crippen LogP contribution in [0.5, 0.6) is 0 Å². The van der Waals surface area contributed by atoms with Crippen LogP contribution in [-0.2, 0) is 14.3 Å². The van der Waals surface area contributed by atoms with Gasteiger partial charge in [-0.15, -0.1) is 0 Å². The number of anilines is 1. The van der Waals surface area contributed by atoms with E-state index in [0.717, 1.165) is 30.5 Å². The molecule has 2 rings (SSSR count). The Hall–Kier alpha value is -1.88. The first kappa shape index (κ1) is 16.5. The Morgan fingerprint density at radius 1 is 1.36 bits per heavy atom. The van der Waals surface area contributed by atoms with Crippen LogP contribution in [0, 0.1) is 0 Å². The lowest BCUT2D eigenvalue weighted by atomic mass is 9.97. The number of ether oxygens (including phenoxy) is 1. The highest BCUT2D eigenvalue weighted by Gasteiger charge is 2.24. The summed E-state index contributed by atoms with van der Waals surface area (Å²) in [5.41, 5.74) is 1.82. The molecule has 120 valence electrons. The molecule has 5 heteroatoms. The lowest BCUT2D eigenvalue weighted by molar-refractivity contribution is -0.120. The molecular formula is C17H24N2O3. The number of rotatable bonds is 5. The fourth-order valence-electron chi connectivity index (χ4n) is 2.71. The van der Waals surface area contributed by atoms with Gasteiger partial charge in [0.2, 0.25) is 11.8 Å². The molecule has 1 fully saturated rings. The van der Waals surface area contributed by atoms with Gasteiger partial charge in [0.05, 0.1) is 6.10 Å². The highest BCUT2D eigenvalue weighted by atomic mass is 16.5. The molecule has 0 radical (unpaired) electrons. The maximum absolute atomic E-state index is 11.7. The molecule has 2 amide bonds. The summed E-state index contributed by atoms with van der Waals surface area (Å²) in [6, 6.07) is 7.90. The van der Waals surface area contributed by atoms with E-state index in [1.54, 1.807) is 0 Å². The Labute approximate surface area is 131 Å². The molecule has 1 aromatic rings. The second-order valence-electron chi connectivity index (χ2n) is 5.70. The summed E-state index contributed by atoms with van der Waals surface area (Å²) in [5.74, 6) is 0.0200. The van der Waals surface area contributed by atoms with E-state index in [9.17, 15) is 9.59 Å². The number of benzene rings is 1. The van der Waals surface area contributed by atoms with E-state index >= 15 is 0 Å². The maximum Gasteiger partial charge on any atom is 0.224 e. The summed E-state index contributed by atoms with van der Waals surface area (Å²) in [6.45, 7) is 4.14. The smallest absolute Gasteiger partial charge is 0.224 e. The van der Waals surface area contributed by atoms with E-state index in [0.29, 0.717) is 13.0 Å². The third kappa shape index (κ3) is 4.84. The molecule has 1 heterocycles. The van der Waals surface area contributed by atoms with E-state index < -0.39 is 0 Å². The van der Waals surface area contributed by atoms with E-state index in [1.165, 1.54) is 6.92 Å². The topological polar surface area (TPSA) is 67.4 Å². The summed E-state index contributed by atoms with van der Waals surface area (Å²) >= 11 is 0. The van der Waals surface area contributed by atoms with Crippen molar-refractivity contribution in [2.45, 2.75) is 51.7 Å². The first-order chi connectivity index (χ1) is 10.6. The monoisotopic (exact) mass is 304 g/mol. The maximum atomic E-state index is 11.7. The summed E-state index contributed by atoms with van der Waals surface area (Å²) in [7, 11) is 0.